The number of carbonyl (C=O) groups excluding carboxylic acids is 2. The summed E-state index contributed by atoms with van der Waals surface area (Å²) in [5.74, 6) is -0.750. The third kappa shape index (κ3) is 3.27. The Kier molecular flexibility index (Phi) is 4.26. The van der Waals surface area contributed by atoms with Crippen LogP contribution in [0, 0.1) is 0 Å². The second-order valence-electron chi connectivity index (χ2n) is 4.82. The minimum atomic E-state index is -0.463. The van der Waals surface area contributed by atoms with Crippen LogP contribution in [0.15, 0.2) is 12.3 Å². The van der Waals surface area contributed by atoms with E-state index in [9.17, 15) is 9.59 Å². The molecule has 0 bridgehead atoms. The van der Waals surface area contributed by atoms with Gasteiger partial charge in [0.25, 0.3) is 11.8 Å². The number of aryl methyl sites for hydroxylation is 2. The summed E-state index contributed by atoms with van der Waals surface area (Å²) in [6.07, 6.45) is 7.06. The van der Waals surface area contributed by atoms with E-state index in [1.54, 1.807) is 0 Å². The van der Waals surface area contributed by atoms with Crippen molar-refractivity contribution < 1.29 is 9.59 Å². The molecular formula is C13H14N4O2S2. The van der Waals surface area contributed by atoms with Crippen molar-refractivity contribution in [2.24, 2.45) is 0 Å². The van der Waals surface area contributed by atoms with Gasteiger partial charge in [0.15, 0.2) is 5.69 Å². The Labute approximate surface area is 129 Å². The minimum absolute atomic E-state index is 0.197. The van der Waals surface area contributed by atoms with Crippen molar-refractivity contribution in [2.75, 3.05) is 0 Å². The summed E-state index contributed by atoms with van der Waals surface area (Å²) in [4.78, 5) is 25.7. The number of nitrogens with zero attached hydrogens (tertiary/aromatic N) is 2. The van der Waals surface area contributed by atoms with Gasteiger partial charge < -0.3 is 0 Å². The lowest BCUT2D eigenvalue weighted by atomic mass is 10.1. The number of hydrogen-bond acceptors (Lipinski definition) is 6. The Morgan fingerprint density at radius 2 is 1.90 bits per heavy atom. The number of thiophene rings is 1. The highest BCUT2D eigenvalue weighted by Gasteiger charge is 2.17. The first-order valence-electron chi connectivity index (χ1n) is 6.74. The zero-order chi connectivity index (χ0) is 14.7. The third-order valence-electron chi connectivity index (χ3n) is 3.35. The molecule has 2 aromatic rings. The minimum Gasteiger partial charge on any atom is -0.266 e. The summed E-state index contributed by atoms with van der Waals surface area (Å²) < 4.78 is 7.54. The summed E-state index contributed by atoms with van der Waals surface area (Å²) in [6, 6.07) is 1.94. The van der Waals surface area contributed by atoms with E-state index in [-0.39, 0.29) is 11.6 Å². The van der Waals surface area contributed by atoms with Crippen LogP contribution in [0.25, 0.3) is 0 Å². The van der Waals surface area contributed by atoms with Crippen molar-refractivity contribution in [3.05, 3.63) is 33.3 Å². The molecule has 1 aliphatic carbocycles. The van der Waals surface area contributed by atoms with E-state index in [0.717, 1.165) is 24.6 Å². The number of fused-ring (bicyclic) bond motifs is 1. The van der Waals surface area contributed by atoms with Crippen LogP contribution in [0.5, 0.6) is 0 Å². The van der Waals surface area contributed by atoms with Gasteiger partial charge in [0.05, 0.1) is 22.8 Å². The molecule has 0 saturated carbocycles. The van der Waals surface area contributed by atoms with Crippen LogP contribution in [0.4, 0.5) is 0 Å². The zero-order valence-corrected chi connectivity index (χ0v) is 12.9. The quantitative estimate of drug-likeness (QED) is 0.654. The van der Waals surface area contributed by atoms with Gasteiger partial charge in [-0.15, -0.1) is 11.3 Å². The van der Waals surface area contributed by atoms with E-state index in [2.05, 4.69) is 19.6 Å². The van der Waals surface area contributed by atoms with Crippen LogP contribution in [-0.2, 0) is 12.8 Å². The van der Waals surface area contributed by atoms with Crippen molar-refractivity contribution in [1.29, 1.82) is 0 Å². The molecule has 2 amide bonds. The SMILES string of the molecule is O=C(NNC(=O)c1cc2c(s1)CCCCC2)c1cnsn1. The van der Waals surface area contributed by atoms with Crippen LogP contribution in [0.3, 0.4) is 0 Å². The molecule has 0 saturated heterocycles. The van der Waals surface area contributed by atoms with Gasteiger partial charge in [-0.3, -0.25) is 20.4 Å². The largest absolute Gasteiger partial charge is 0.291 e. The molecule has 2 heterocycles. The molecule has 8 heteroatoms. The van der Waals surface area contributed by atoms with E-state index in [4.69, 9.17) is 0 Å². The van der Waals surface area contributed by atoms with E-state index in [0.29, 0.717) is 4.88 Å². The summed E-state index contributed by atoms with van der Waals surface area (Å²) in [7, 11) is 0. The van der Waals surface area contributed by atoms with E-state index < -0.39 is 5.91 Å². The van der Waals surface area contributed by atoms with E-state index >= 15 is 0 Å². The van der Waals surface area contributed by atoms with E-state index in [1.165, 1.54) is 47.2 Å². The molecule has 0 fully saturated rings. The number of nitrogens with one attached hydrogen (secondary N) is 2. The van der Waals surface area contributed by atoms with Crippen LogP contribution in [-0.4, -0.2) is 20.6 Å². The summed E-state index contributed by atoms with van der Waals surface area (Å²) in [6.45, 7) is 0. The summed E-state index contributed by atoms with van der Waals surface area (Å²) in [5.41, 5.74) is 6.24. The number of hydrazine groups is 1. The Balaban J connectivity index is 1.62. The average molecular weight is 322 g/mol. The molecule has 6 nitrogen and oxygen atoms in total. The second-order valence-corrected chi connectivity index (χ2v) is 6.51. The van der Waals surface area contributed by atoms with Gasteiger partial charge in [0.1, 0.15) is 0 Å². The van der Waals surface area contributed by atoms with Crippen molar-refractivity contribution in [3.8, 4) is 0 Å². The molecule has 1 aliphatic rings. The highest BCUT2D eigenvalue weighted by Crippen LogP contribution is 2.28. The molecule has 2 N–H and O–H groups in total. The number of aromatic nitrogens is 2. The maximum Gasteiger partial charge on any atom is 0.291 e. The molecule has 0 aromatic carbocycles. The van der Waals surface area contributed by atoms with Crippen LogP contribution in [0.2, 0.25) is 0 Å². The lowest BCUT2D eigenvalue weighted by Crippen LogP contribution is -2.41. The lowest BCUT2D eigenvalue weighted by Gasteiger charge is -2.03. The normalized spacial score (nSPS) is 14.1. The van der Waals surface area contributed by atoms with Gasteiger partial charge in [-0.2, -0.15) is 8.75 Å². The van der Waals surface area contributed by atoms with Gasteiger partial charge in [0, 0.05) is 4.88 Å². The molecule has 2 aromatic heterocycles. The number of rotatable bonds is 2. The van der Waals surface area contributed by atoms with Gasteiger partial charge in [-0.25, -0.2) is 0 Å². The molecule has 0 radical (unpaired) electrons. The Morgan fingerprint density at radius 3 is 2.71 bits per heavy atom. The van der Waals surface area contributed by atoms with Gasteiger partial charge in [-0.05, 0) is 37.3 Å². The monoisotopic (exact) mass is 322 g/mol. The molecule has 0 atom stereocenters. The predicted molar refractivity (Wildman–Crippen MR) is 80.4 cm³/mol. The number of carbonyl (C=O) groups is 2. The fraction of sp³-hybridized carbons (Fsp3) is 0.385. The third-order valence-corrected chi connectivity index (χ3v) is 5.07. The van der Waals surface area contributed by atoms with Crippen molar-refractivity contribution in [1.82, 2.24) is 19.6 Å². The van der Waals surface area contributed by atoms with Gasteiger partial charge >= 0.3 is 0 Å². The number of hydrogen-bond donors (Lipinski definition) is 2. The fourth-order valence-corrected chi connectivity index (χ4v) is 3.84. The Bertz CT molecular complexity index is 628. The summed E-state index contributed by atoms with van der Waals surface area (Å²) in [5, 5.41) is 0. The molecule has 3 rings (SSSR count). The zero-order valence-electron chi connectivity index (χ0n) is 11.2. The van der Waals surface area contributed by atoms with Crippen molar-refractivity contribution in [2.45, 2.75) is 32.1 Å². The molecule has 21 heavy (non-hydrogen) atoms. The maximum absolute atomic E-state index is 12.1. The maximum atomic E-state index is 12.1. The molecule has 110 valence electrons. The van der Waals surface area contributed by atoms with Crippen molar-refractivity contribution in [3.63, 3.8) is 0 Å². The molecule has 0 aliphatic heterocycles. The van der Waals surface area contributed by atoms with Gasteiger partial charge in [0.2, 0.25) is 0 Å². The second kappa shape index (κ2) is 6.31. The van der Waals surface area contributed by atoms with Crippen LogP contribution < -0.4 is 10.9 Å². The Morgan fingerprint density at radius 1 is 1.10 bits per heavy atom. The first kappa shape index (κ1) is 14.2. The fourth-order valence-electron chi connectivity index (χ4n) is 2.28. The van der Waals surface area contributed by atoms with Gasteiger partial charge in [-0.1, -0.05) is 6.42 Å². The smallest absolute Gasteiger partial charge is 0.266 e. The molecule has 0 spiro atoms. The summed E-state index contributed by atoms with van der Waals surface area (Å²) >= 11 is 2.46. The van der Waals surface area contributed by atoms with Crippen molar-refractivity contribution >= 4 is 34.9 Å². The first-order chi connectivity index (χ1) is 10.2. The highest BCUT2D eigenvalue weighted by atomic mass is 32.1. The standard InChI is InChI=1S/C13H14N4O2S2/c18-12(9-7-14-21-17-9)15-16-13(19)11-6-8-4-2-1-3-5-10(8)20-11/h6-7H,1-5H2,(H,15,18)(H,16,19). The highest BCUT2D eigenvalue weighted by molar-refractivity contribution is 7.14. The number of amides is 2. The van der Waals surface area contributed by atoms with Crippen LogP contribution in [0.1, 0.15) is 49.9 Å². The van der Waals surface area contributed by atoms with E-state index in [1.807, 2.05) is 6.07 Å². The molecular weight excluding hydrogens is 308 g/mol. The predicted octanol–water partition coefficient (Wildman–Crippen LogP) is 1.94. The molecule has 0 unspecified atom stereocenters. The lowest BCUT2D eigenvalue weighted by molar-refractivity contribution is 0.0846. The van der Waals surface area contributed by atoms with Crippen LogP contribution >= 0.6 is 23.1 Å². The topological polar surface area (TPSA) is 84.0 Å². The average Bonchev–Trinajstić information content (AvgIpc) is 3.11. The Hall–Kier alpha value is -1.80. The first-order valence-corrected chi connectivity index (χ1v) is 8.28.